The van der Waals surface area contributed by atoms with Gasteiger partial charge in [0.25, 0.3) is 5.91 Å². The van der Waals surface area contributed by atoms with Gasteiger partial charge in [-0.2, -0.15) is 5.10 Å². The maximum Gasteiger partial charge on any atom is 0.305 e. The Morgan fingerprint density at radius 2 is 2.17 bits per heavy atom. The first-order chi connectivity index (χ1) is 10.7. The molecule has 2 N–H and O–H groups in total. The smallest absolute Gasteiger partial charge is 0.305 e. The molecule has 0 aromatic carbocycles. The predicted octanol–water partition coefficient (Wildman–Crippen LogP) is 2.16. The zero-order valence-corrected chi connectivity index (χ0v) is 14.3. The van der Waals surface area contributed by atoms with Crippen LogP contribution in [0.5, 0.6) is 0 Å². The molecule has 1 atom stereocenters. The lowest BCUT2D eigenvalue weighted by Gasteiger charge is -2.33. The SMILES string of the molecule is CC(C)C(C)(CC(=O)O)NC(=O)c1csc(-c2cnn(C)c2)n1. The van der Waals surface area contributed by atoms with Crippen molar-refractivity contribution in [2.45, 2.75) is 32.7 Å². The lowest BCUT2D eigenvalue weighted by Crippen LogP contribution is -2.51. The van der Waals surface area contributed by atoms with Crippen LogP contribution in [-0.2, 0) is 11.8 Å². The Bertz CT molecular complexity index is 722. The number of carbonyl (C=O) groups is 2. The Morgan fingerprint density at radius 3 is 2.70 bits per heavy atom. The number of rotatable bonds is 6. The van der Waals surface area contributed by atoms with Crippen molar-refractivity contribution in [3.8, 4) is 10.6 Å². The summed E-state index contributed by atoms with van der Waals surface area (Å²) in [7, 11) is 1.81. The van der Waals surface area contributed by atoms with Crippen LogP contribution in [0.4, 0.5) is 0 Å². The van der Waals surface area contributed by atoms with Crippen LogP contribution in [0.25, 0.3) is 10.6 Å². The first-order valence-electron chi connectivity index (χ1n) is 7.20. The molecule has 8 heteroatoms. The van der Waals surface area contributed by atoms with Crippen LogP contribution >= 0.6 is 11.3 Å². The van der Waals surface area contributed by atoms with Crippen LogP contribution in [0.1, 0.15) is 37.7 Å². The van der Waals surface area contributed by atoms with Gasteiger partial charge in [0.2, 0.25) is 0 Å². The molecule has 0 aliphatic rings. The van der Waals surface area contributed by atoms with Gasteiger partial charge >= 0.3 is 5.97 Å². The second-order valence-electron chi connectivity index (χ2n) is 6.04. The highest BCUT2D eigenvalue weighted by Gasteiger charge is 2.33. The second kappa shape index (κ2) is 6.49. The lowest BCUT2D eigenvalue weighted by atomic mass is 9.85. The Kier molecular flexibility index (Phi) is 4.84. The van der Waals surface area contributed by atoms with Crippen molar-refractivity contribution in [2.75, 3.05) is 0 Å². The fourth-order valence-corrected chi connectivity index (χ4v) is 2.85. The van der Waals surface area contributed by atoms with Crippen LogP contribution < -0.4 is 5.32 Å². The molecule has 1 amide bonds. The number of carboxylic acids is 1. The van der Waals surface area contributed by atoms with Gasteiger partial charge in [-0.25, -0.2) is 4.98 Å². The molecule has 1 unspecified atom stereocenters. The van der Waals surface area contributed by atoms with Gasteiger partial charge in [-0.15, -0.1) is 11.3 Å². The third kappa shape index (κ3) is 3.95. The average Bonchev–Trinajstić information content (AvgIpc) is 3.05. The molecule has 0 spiro atoms. The van der Waals surface area contributed by atoms with Crippen LogP contribution in [0, 0.1) is 5.92 Å². The fraction of sp³-hybridized carbons (Fsp3) is 0.467. The molecule has 7 nitrogen and oxygen atoms in total. The third-order valence-corrected chi connectivity index (χ3v) is 4.77. The molecule has 0 aliphatic carbocycles. The number of aliphatic carboxylic acids is 1. The third-order valence-electron chi connectivity index (χ3n) is 3.88. The molecule has 23 heavy (non-hydrogen) atoms. The summed E-state index contributed by atoms with van der Waals surface area (Å²) in [6.07, 6.45) is 3.36. The second-order valence-corrected chi connectivity index (χ2v) is 6.90. The summed E-state index contributed by atoms with van der Waals surface area (Å²) in [6.45, 7) is 5.49. The molecule has 2 aromatic rings. The van der Waals surface area contributed by atoms with E-state index in [9.17, 15) is 9.59 Å². The maximum absolute atomic E-state index is 12.4. The Labute approximate surface area is 138 Å². The molecule has 124 valence electrons. The van der Waals surface area contributed by atoms with E-state index in [1.165, 1.54) is 11.3 Å². The number of aryl methyl sites for hydroxylation is 1. The van der Waals surface area contributed by atoms with Crippen LogP contribution in [0.2, 0.25) is 0 Å². The highest BCUT2D eigenvalue weighted by molar-refractivity contribution is 7.13. The molecule has 0 aliphatic heterocycles. The van der Waals surface area contributed by atoms with Gasteiger partial charge in [0.15, 0.2) is 0 Å². The van der Waals surface area contributed by atoms with Crippen molar-refractivity contribution < 1.29 is 14.7 Å². The molecular formula is C15H20N4O3S. The molecular weight excluding hydrogens is 316 g/mol. The molecule has 0 saturated carbocycles. The Hall–Kier alpha value is -2.22. The minimum Gasteiger partial charge on any atom is -0.481 e. The largest absolute Gasteiger partial charge is 0.481 e. The zero-order valence-electron chi connectivity index (χ0n) is 13.5. The molecule has 0 fully saturated rings. The summed E-state index contributed by atoms with van der Waals surface area (Å²) in [5.41, 5.74) is 0.292. The number of nitrogens with one attached hydrogen (secondary N) is 1. The number of carboxylic acid groups (broad SMARTS) is 1. The summed E-state index contributed by atoms with van der Waals surface area (Å²) in [6, 6.07) is 0. The number of nitrogens with zero attached hydrogens (tertiary/aromatic N) is 3. The number of hydrogen-bond donors (Lipinski definition) is 2. The van der Waals surface area contributed by atoms with Crippen molar-refractivity contribution in [1.82, 2.24) is 20.1 Å². The van der Waals surface area contributed by atoms with E-state index in [0.29, 0.717) is 5.01 Å². The van der Waals surface area contributed by atoms with Gasteiger partial charge in [0, 0.05) is 24.2 Å². The average molecular weight is 336 g/mol. The molecule has 2 rings (SSSR count). The van der Waals surface area contributed by atoms with E-state index in [0.717, 1.165) is 5.56 Å². The van der Waals surface area contributed by atoms with Crippen molar-refractivity contribution in [3.05, 3.63) is 23.5 Å². The van der Waals surface area contributed by atoms with Gasteiger partial charge in [-0.3, -0.25) is 14.3 Å². The summed E-state index contributed by atoms with van der Waals surface area (Å²) in [5, 5.41) is 18.3. The van der Waals surface area contributed by atoms with Gasteiger partial charge in [-0.05, 0) is 12.8 Å². The van der Waals surface area contributed by atoms with Crippen LogP contribution in [-0.4, -0.2) is 37.3 Å². The first-order valence-corrected chi connectivity index (χ1v) is 8.08. The number of amides is 1. The van der Waals surface area contributed by atoms with Gasteiger partial charge < -0.3 is 10.4 Å². The molecule has 0 radical (unpaired) electrons. The summed E-state index contributed by atoms with van der Waals surface area (Å²) >= 11 is 1.35. The fourth-order valence-electron chi connectivity index (χ4n) is 2.07. The molecule has 0 bridgehead atoms. The monoisotopic (exact) mass is 336 g/mol. The Morgan fingerprint density at radius 1 is 1.48 bits per heavy atom. The molecule has 0 saturated heterocycles. The van der Waals surface area contributed by atoms with Gasteiger partial charge in [0.05, 0.1) is 18.2 Å². The van der Waals surface area contributed by atoms with Gasteiger partial charge in [0.1, 0.15) is 10.7 Å². The Balaban J connectivity index is 2.17. The van der Waals surface area contributed by atoms with E-state index >= 15 is 0 Å². The highest BCUT2D eigenvalue weighted by Crippen LogP contribution is 2.25. The normalized spacial score (nSPS) is 13.8. The van der Waals surface area contributed by atoms with Crippen molar-refractivity contribution >= 4 is 23.2 Å². The van der Waals surface area contributed by atoms with E-state index in [-0.39, 0.29) is 23.9 Å². The molecule has 2 heterocycles. The highest BCUT2D eigenvalue weighted by atomic mass is 32.1. The first kappa shape index (κ1) is 17.1. The lowest BCUT2D eigenvalue weighted by molar-refractivity contribution is -0.138. The van der Waals surface area contributed by atoms with E-state index < -0.39 is 11.5 Å². The van der Waals surface area contributed by atoms with E-state index in [4.69, 9.17) is 5.11 Å². The summed E-state index contributed by atoms with van der Waals surface area (Å²) < 4.78 is 1.67. The van der Waals surface area contributed by atoms with Crippen molar-refractivity contribution in [1.29, 1.82) is 0 Å². The van der Waals surface area contributed by atoms with Crippen molar-refractivity contribution in [2.24, 2.45) is 13.0 Å². The summed E-state index contributed by atoms with van der Waals surface area (Å²) in [5.74, 6) is -1.34. The zero-order chi connectivity index (χ0) is 17.2. The predicted molar refractivity (Wildman–Crippen MR) is 87.3 cm³/mol. The number of aromatic nitrogens is 3. The van der Waals surface area contributed by atoms with E-state index in [1.807, 2.05) is 27.1 Å². The topological polar surface area (TPSA) is 97.1 Å². The number of hydrogen-bond acceptors (Lipinski definition) is 5. The quantitative estimate of drug-likeness (QED) is 0.842. The van der Waals surface area contributed by atoms with E-state index in [1.54, 1.807) is 23.2 Å². The molecule has 2 aromatic heterocycles. The minimum absolute atomic E-state index is 0.0287. The van der Waals surface area contributed by atoms with Crippen molar-refractivity contribution in [3.63, 3.8) is 0 Å². The minimum atomic E-state index is -0.948. The van der Waals surface area contributed by atoms with Crippen LogP contribution in [0.15, 0.2) is 17.8 Å². The maximum atomic E-state index is 12.4. The van der Waals surface area contributed by atoms with E-state index in [2.05, 4.69) is 15.4 Å². The van der Waals surface area contributed by atoms with Gasteiger partial charge in [-0.1, -0.05) is 13.8 Å². The number of thiazole rings is 1. The number of carbonyl (C=O) groups excluding carboxylic acids is 1. The standard InChI is InChI=1S/C15H20N4O3S/c1-9(2)15(3,5-12(20)21)18-13(22)11-8-23-14(17-11)10-6-16-19(4)7-10/h6-9H,5H2,1-4H3,(H,18,22)(H,20,21). The summed E-state index contributed by atoms with van der Waals surface area (Å²) in [4.78, 5) is 27.8. The van der Waals surface area contributed by atoms with Crippen LogP contribution in [0.3, 0.4) is 0 Å².